The van der Waals surface area contributed by atoms with Crippen LogP contribution in [0.4, 0.5) is 24.7 Å². The second-order valence-electron chi connectivity index (χ2n) is 6.83. The quantitative estimate of drug-likeness (QED) is 0.502. The lowest BCUT2D eigenvalue weighted by molar-refractivity contribution is -0.173. The van der Waals surface area contributed by atoms with Crippen molar-refractivity contribution in [2.45, 2.75) is 24.7 Å². The van der Waals surface area contributed by atoms with Crippen LogP contribution in [0.5, 0.6) is 0 Å². The molecule has 1 aliphatic rings. The van der Waals surface area contributed by atoms with Crippen LogP contribution in [-0.2, 0) is 0 Å². The highest BCUT2D eigenvalue weighted by Crippen LogP contribution is 2.43. The van der Waals surface area contributed by atoms with Crippen molar-refractivity contribution in [3.8, 4) is 0 Å². The summed E-state index contributed by atoms with van der Waals surface area (Å²) in [6.07, 6.45) is -4.81. The van der Waals surface area contributed by atoms with Gasteiger partial charge >= 0.3 is 6.18 Å². The van der Waals surface area contributed by atoms with Gasteiger partial charge in [-0.05, 0) is 29.8 Å². The van der Waals surface area contributed by atoms with Crippen molar-refractivity contribution in [2.75, 3.05) is 10.6 Å². The first-order chi connectivity index (χ1) is 14.2. The molecule has 0 bridgehead atoms. The molecule has 10 heteroatoms. The van der Waals surface area contributed by atoms with Crippen LogP contribution in [-0.4, -0.2) is 21.9 Å². The van der Waals surface area contributed by atoms with Crippen LogP contribution in [0.1, 0.15) is 34.6 Å². The Balaban J connectivity index is 1.65. The number of hydrogen-bond donors (Lipinski definition) is 2. The van der Waals surface area contributed by atoms with Gasteiger partial charge < -0.3 is 10.6 Å². The van der Waals surface area contributed by atoms with Crippen LogP contribution in [0.15, 0.2) is 54.6 Å². The maximum absolute atomic E-state index is 13.8. The molecule has 2 N–H and O–H groups in total. The molecule has 1 aliphatic heterocycles. The van der Waals surface area contributed by atoms with E-state index in [0.29, 0.717) is 21.3 Å². The molecule has 0 radical (unpaired) electrons. The van der Waals surface area contributed by atoms with Crippen LogP contribution < -0.4 is 10.6 Å². The van der Waals surface area contributed by atoms with Gasteiger partial charge in [0.2, 0.25) is 0 Å². The smallest absolute Gasteiger partial charge is 0.363 e. The van der Waals surface area contributed by atoms with E-state index in [0.717, 1.165) is 4.68 Å². The SMILES string of the molecule is O=C(Nc1ccccc1Cl)c1cc2n(n1)[C@H](C(F)(F)F)C[C@H](c1ccc(Cl)cc1)N2. The highest BCUT2D eigenvalue weighted by atomic mass is 35.5. The van der Waals surface area contributed by atoms with Crippen molar-refractivity contribution >= 4 is 40.6 Å². The monoisotopic (exact) mass is 454 g/mol. The van der Waals surface area contributed by atoms with E-state index in [-0.39, 0.29) is 17.9 Å². The number of aromatic nitrogens is 2. The average molecular weight is 455 g/mol. The van der Waals surface area contributed by atoms with Gasteiger partial charge in [0.05, 0.1) is 16.8 Å². The molecule has 0 aliphatic carbocycles. The number of amides is 1. The number of anilines is 2. The van der Waals surface area contributed by atoms with Gasteiger partial charge in [-0.15, -0.1) is 0 Å². The predicted molar refractivity (Wildman–Crippen MR) is 109 cm³/mol. The minimum absolute atomic E-state index is 0.104. The van der Waals surface area contributed by atoms with Crippen LogP contribution in [0.25, 0.3) is 0 Å². The van der Waals surface area contributed by atoms with Crippen LogP contribution in [0.3, 0.4) is 0 Å². The second-order valence-corrected chi connectivity index (χ2v) is 7.68. The van der Waals surface area contributed by atoms with E-state index < -0.39 is 24.2 Å². The van der Waals surface area contributed by atoms with E-state index in [1.54, 1.807) is 48.5 Å². The fraction of sp³-hybridized carbons (Fsp3) is 0.200. The van der Waals surface area contributed by atoms with E-state index in [2.05, 4.69) is 15.7 Å². The van der Waals surface area contributed by atoms with Gasteiger partial charge in [0, 0.05) is 17.5 Å². The third-order valence-electron chi connectivity index (χ3n) is 4.82. The van der Waals surface area contributed by atoms with Gasteiger partial charge in [-0.25, -0.2) is 4.68 Å². The molecule has 0 fully saturated rings. The molecule has 156 valence electrons. The van der Waals surface area contributed by atoms with E-state index in [1.165, 1.54) is 6.07 Å². The van der Waals surface area contributed by atoms with Crippen molar-refractivity contribution in [3.05, 3.63) is 75.9 Å². The van der Waals surface area contributed by atoms with Gasteiger partial charge in [-0.2, -0.15) is 18.3 Å². The Labute approximate surface area is 179 Å². The zero-order chi connectivity index (χ0) is 21.5. The normalized spacial score (nSPS) is 18.4. The van der Waals surface area contributed by atoms with Crippen molar-refractivity contribution < 1.29 is 18.0 Å². The summed E-state index contributed by atoms with van der Waals surface area (Å²) in [4.78, 5) is 12.6. The maximum Gasteiger partial charge on any atom is 0.410 e. The topological polar surface area (TPSA) is 59.0 Å². The van der Waals surface area contributed by atoms with E-state index in [1.807, 2.05) is 0 Å². The highest BCUT2D eigenvalue weighted by Gasteiger charge is 2.46. The Kier molecular flexibility index (Phi) is 5.38. The van der Waals surface area contributed by atoms with Gasteiger partial charge in [-0.3, -0.25) is 4.79 Å². The molecule has 2 heterocycles. The molecule has 0 spiro atoms. The lowest BCUT2D eigenvalue weighted by Crippen LogP contribution is -2.35. The summed E-state index contributed by atoms with van der Waals surface area (Å²) in [5.74, 6) is -0.552. The molecule has 1 amide bonds. The first kappa shape index (κ1) is 20.6. The summed E-state index contributed by atoms with van der Waals surface area (Å²) in [6, 6.07) is 11.9. The summed E-state index contributed by atoms with van der Waals surface area (Å²) in [5, 5.41) is 10.3. The molecule has 3 aromatic rings. The summed E-state index contributed by atoms with van der Waals surface area (Å²) in [6.45, 7) is 0. The minimum atomic E-state index is -4.54. The van der Waals surface area contributed by atoms with Gasteiger partial charge in [0.25, 0.3) is 5.91 Å². The summed E-state index contributed by atoms with van der Waals surface area (Å²) >= 11 is 11.9. The van der Waals surface area contributed by atoms with Crippen molar-refractivity contribution in [1.82, 2.24) is 9.78 Å². The maximum atomic E-state index is 13.8. The number of benzene rings is 2. The standard InChI is InChI=1S/C20H15Cl2F3N4O/c21-12-7-5-11(6-8-12)15-9-17(20(23,24)25)29-18(26-15)10-16(28-29)19(30)27-14-4-2-1-3-13(14)22/h1-8,10,15,17,26H,9H2,(H,27,30)/t15-,17+/m1/s1. The number of hydrogen-bond acceptors (Lipinski definition) is 3. The molecular weight excluding hydrogens is 440 g/mol. The van der Waals surface area contributed by atoms with Crippen LogP contribution in [0, 0.1) is 0 Å². The molecule has 0 unspecified atom stereocenters. The summed E-state index contributed by atoms with van der Waals surface area (Å²) < 4.78 is 42.1. The van der Waals surface area contributed by atoms with Crippen molar-refractivity contribution in [3.63, 3.8) is 0 Å². The number of nitrogens with one attached hydrogen (secondary N) is 2. The van der Waals surface area contributed by atoms with Gasteiger partial charge in [-0.1, -0.05) is 47.5 Å². The zero-order valence-corrected chi connectivity index (χ0v) is 16.8. The number of para-hydroxylation sites is 1. The Hall–Kier alpha value is -2.71. The number of nitrogens with zero attached hydrogens (tertiary/aromatic N) is 2. The number of alkyl halides is 3. The molecule has 30 heavy (non-hydrogen) atoms. The lowest BCUT2D eigenvalue weighted by Gasteiger charge is -2.33. The Morgan fingerprint density at radius 2 is 1.83 bits per heavy atom. The molecule has 2 aromatic carbocycles. The minimum Gasteiger partial charge on any atom is -0.363 e. The second kappa shape index (κ2) is 7.85. The van der Waals surface area contributed by atoms with E-state index in [4.69, 9.17) is 23.2 Å². The van der Waals surface area contributed by atoms with Crippen LogP contribution >= 0.6 is 23.2 Å². The number of halogens is 5. The van der Waals surface area contributed by atoms with Gasteiger partial charge in [0.1, 0.15) is 5.82 Å². The van der Waals surface area contributed by atoms with Crippen molar-refractivity contribution in [2.24, 2.45) is 0 Å². The molecule has 0 saturated heterocycles. The number of carbonyl (C=O) groups excluding carboxylic acids is 1. The Morgan fingerprint density at radius 3 is 2.50 bits per heavy atom. The largest absolute Gasteiger partial charge is 0.410 e. The average Bonchev–Trinajstić information content (AvgIpc) is 3.13. The zero-order valence-electron chi connectivity index (χ0n) is 15.3. The predicted octanol–water partition coefficient (Wildman–Crippen LogP) is 6.10. The van der Waals surface area contributed by atoms with Crippen molar-refractivity contribution in [1.29, 1.82) is 0 Å². The molecule has 0 saturated carbocycles. The molecule has 1 aromatic heterocycles. The number of carbonyl (C=O) groups is 1. The first-order valence-electron chi connectivity index (χ1n) is 8.96. The molecular formula is C20H15Cl2F3N4O. The van der Waals surface area contributed by atoms with Crippen LogP contribution in [0.2, 0.25) is 10.0 Å². The number of fused-ring (bicyclic) bond motifs is 1. The Morgan fingerprint density at radius 1 is 1.13 bits per heavy atom. The van der Waals surface area contributed by atoms with Gasteiger partial charge in [0.15, 0.2) is 11.7 Å². The molecule has 2 atom stereocenters. The third kappa shape index (κ3) is 4.11. The molecule has 5 nitrogen and oxygen atoms in total. The molecule has 4 rings (SSSR count). The first-order valence-corrected chi connectivity index (χ1v) is 9.72. The van der Waals surface area contributed by atoms with E-state index in [9.17, 15) is 18.0 Å². The summed E-state index contributed by atoms with van der Waals surface area (Å²) in [5.41, 5.74) is 0.848. The summed E-state index contributed by atoms with van der Waals surface area (Å²) in [7, 11) is 0. The fourth-order valence-corrected chi connectivity index (χ4v) is 3.66. The Bertz CT molecular complexity index is 1080. The third-order valence-corrected chi connectivity index (χ3v) is 5.40. The van der Waals surface area contributed by atoms with E-state index >= 15 is 0 Å². The fourth-order valence-electron chi connectivity index (χ4n) is 3.35. The lowest BCUT2D eigenvalue weighted by atomic mass is 9.97. The number of rotatable bonds is 3. The highest BCUT2D eigenvalue weighted by molar-refractivity contribution is 6.33.